The van der Waals surface area contributed by atoms with Crippen LogP contribution in [-0.2, 0) is 13.6 Å². The van der Waals surface area contributed by atoms with Gasteiger partial charge in [-0.1, -0.05) is 18.2 Å². The number of anilines is 5. The van der Waals surface area contributed by atoms with E-state index in [1.54, 1.807) is 16.9 Å². The van der Waals surface area contributed by atoms with Gasteiger partial charge in [-0.3, -0.25) is 9.48 Å². The van der Waals surface area contributed by atoms with Crippen molar-refractivity contribution in [3.63, 3.8) is 0 Å². The third kappa shape index (κ3) is 3.92. The van der Waals surface area contributed by atoms with E-state index in [2.05, 4.69) is 30.6 Å². The van der Waals surface area contributed by atoms with Crippen molar-refractivity contribution in [3.05, 3.63) is 71.7 Å². The van der Waals surface area contributed by atoms with Gasteiger partial charge in [-0.15, -0.1) is 0 Å². The molecule has 0 radical (unpaired) electrons. The number of aromatic nitrogens is 4. The van der Waals surface area contributed by atoms with E-state index in [9.17, 15) is 4.79 Å². The van der Waals surface area contributed by atoms with Gasteiger partial charge in [0.2, 0.25) is 0 Å². The molecule has 34 heavy (non-hydrogen) atoms. The first-order valence-electron chi connectivity index (χ1n) is 12.2. The molecule has 0 saturated heterocycles. The van der Waals surface area contributed by atoms with Crippen LogP contribution in [0.2, 0.25) is 0 Å². The van der Waals surface area contributed by atoms with E-state index in [4.69, 9.17) is 4.11 Å². The smallest absolute Gasteiger partial charge is 0.254 e. The number of benzene rings is 1. The fourth-order valence-corrected chi connectivity index (χ4v) is 4.15. The van der Waals surface area contributed by atoms with Crippen molar-refractivity contribution in [1.82, 2.24) is 25.1 Å². The molecule has 0 bridgehead atoms. The fourth-order valence-electron chi connectivity index (χ4n) is 4.15. The molecule has 0 fully saturated rings. The first-order valence-corrected chi connectivity index (χ1v) is 10.7. The van der Waals surface area contributed by atoms with Crippen LogP contribution in [0.3, 0.4) is 0 Å². The van der Waals surface area contributed by atoms with Crippen molar-refractivity contribution in [2.24, 2.45) is 7.05 Å². The lowest BCUT2D eigenvalue weighted by atomic mass is 9.99. The third-order valence-electron chi connectivity index (χ3n) is 5.68. The number of nitrogens with zero attached hydrogens (tertiary/aromatic N) is 5. The number of pyridine rings is 2. The van der Waals surface area contributed by atoms with E-state index >= 15 is 0 Å². The van der Waals surface area contributed by atoms with Crippen molar-refractivity contribution in [3.8, 4) is 11.3 Å². The molecular formula is C25H26N8O. The molecule has 1 aromatic carbocycles. The average molecular weight is 458 g/mol. The zero-order valence-corrected chi connectivity index (χ0v) is 19.0. The molecule has 1 aliphatic rings. The van der Waals surface area contributed by atoms with Crippen LogP contribution in [0.25, 0.3) is 11.3 Å². The Labute approximate surface area is 202 Å². The maximum Gasteiger partial charge on any atom is 0.254 e. The first-order chi connectivity index (χ1) is 17.6. The Balaban J connectivity index is 1.56. The van der Waals surface area contributed by atoms with Crippen LogP contribution in [-0.4, -0.2) is 39.7 Å². The normalized spacial score (nSPS) is 13.7. The molecule has 4 aromatic rings. The SMILES string of the molecule is [2H]C([2H])([2H])NC(=O)c1cnc(Nc2ccc(C)cn2)cc1Nc1cccc2c1N(C)Cc1cn(C)nc1-2. The number of amides is 1. The lowest BCUT2D eigenvalue weighted by molar-refractivity contribution is 0.0963. The molecule has 172 valence electrons. The fraction of sp³-hybridized carbons (Fsp3) is 0.200. The number of carbonyl (C=O) groups excluding carboxylic acids is 1. The molecular weight excluding hydrogens is 428 g/mol. The van der Waals surface area contributed by atoms with Gasteiger partial charge in [0.15, 0.2) is 0 Å². The van der Waals surface area contributed by atoms with E-state index in [0.29, 0.717) is 23.9 Å². The number of hydrogen-bond acceptors (Lipinski definition) is 7. The number of aryl methyl sites for hydroxylation is 2. The molecule has 3 aromatic heterocycles. The second-order valence-electron chi connectivity index (χ2n) is 8.27. The van der Waals surface area contributed by atoms with Gasteiger partial charge < -0.3 is 20.9 Å². The highest BCUT2D eigenvalue weighted by atomic mass is 16.1. The zero-order chi connectivity index (χ0) is 26.3. The van der Waals surface area contributed by atoms with E-state index in [1.165, 1.54) is 6.20 Å². The van der Waals surface area contributed by atoms with Crippen molar-refractivity contribution in [2.45, 2.75) is 13.5 Å². The highest BCUT2D eigenvalue weighted by Crippen LogP contribution is 2.43. The quantitative estimate of drug-likeness (QED) is 0.417. The second kappa shape index (κ2) is 8.51. The third-order valence-corrected chi connectivity index (χ3v) is 5.68. The summed E-state index contributed by atoms with van der Waals surface area (Å²) in [5.74, 6) is 0.262. The van der Waals surface area contributed by atoms with Gasteiger partial charge in [-0.05, 0) is 24.6 Å². The van der Waals surface area contributed by atoms with Crippen LogP contribution in [0.1, 0.15) is 25.6 Å². The molecule has 1 amide bonds. The van der Waals surface area contributed by atoms with Gasteiger partial charge >= 0.3 is 0 Å². The second-order valence-corrected chi connectivity index (χ2v) is 8.27. The standard InChI is InChI=1S/C25H26N8O/c1-15-8-9-21(27-11-15)30-22-10-20(18(12-28-22)25(34)26-2)29-19-7-5-6-17-23-16(14-33(4)31-23)13-32(3)24(17)19/h5-12,14H,13H2,1-4H3,(H,26,34)(H2,27,28,29,30)/i2D3. The van der Waals surface area contributed by atoms with Crippen LogP contribution in [0, 0.1) is 6.92 Å². The summed E-state index contributed by atoms with van der Waals surface area (Å²) in [6.07, 6.45) is 5.08. The Morgan fingerprint density at radius 2 is 1.91 bits per heavy atom. The molecule has 3 N–H and O–H groups in total. The van der Waals surface area contributed by atoms with Crippen molar-refractivity contribution >= 4 is 34.6 Å². The van der Waals surface area contributed by atoms with E-state index in [0.717, 1.165) is 33.8 Å². The monoisotopic (exact) mass is 457 g/mol. The number of hydrogen-bond donors (Lipinski definition) is 3. The summed E-state index contributed by atoms with van der Waals surface area (Å²) >= 11 is 0. The Hall–Kier alpha value is -4.40. The summed E-state index contributed by atoms with van der Waals surface area (Å²) in [4.78, 5) is 23.7. The van der Waals surface area contributed by atoms with Gasteiger partial charge in [0.1, 0.15) is 11.6 Å². The average Bonchev–Trinajstić information content (AvgIpc) is 3.20. The van der Waals surface area contributed by atoms with Crippen molar-refractivity contribution in [1.29, 1.82) is 0 Å². The maximum atomic E-state index is 12.9. The largest absolute Gasteiger partial charge is 0.368 e. The number of fused-ring (bicyclic) bond motifs is 3. The van der Waals surface area contributed by atoms with Crippen LogP contribution in [0.4, 0.5) is 28.7 Å². The van der Waals surface area contributed by atoms with Gasteiger partial charge in [0.25, 0.3) is 5.91 Å². The van der Waals surface area contributed by atoms with Crippen LogP contribution in [0.5, 0.6) is 0 Å². The van der Waals surface area contributed by atoms with Gasteiger partial charge in [-0.25, -0.2) is 9.97 Å². The minimum absolute atomic E-state index is 0.0909. The van der Waals surface area contributed by atoms with Crippen LogP contribution < -0.4 is 20.9 Å². The summed E-state index contributed by atoms with van der Waals surface area (Å²) in [6, 6.07) is 11.2. The molecule has 5 rings (SSSR count). The van der Waals surface area contributed by atoms with E-state index in [-0.39, 0.29) is 5.56 Å². The highest BCUT2D eigenvalue weighted by Gasteiger charge is 2.25. The van der Waals surface area contributed by atoms with Crippen molar-refractivity contribution < 1.29 is 8.91 Å². The van der Waals surface area contributed by atoms with E-state index in [1.807, 2.05) is 62.9 Å². The maximum absolute atomic E-state index is 12.9. The van der Waals surface area contributed by atoms with Crippen LogP contribution in [0.15, 0.2) is 55.0 Å². The Morgan fingerprint density at radius 3 is 2.71 bits per heavy atom. The van der Waals surface area contributed by atoms with Gasteiger partial charge in [0, 0.05) is 67.5 Å². The topological polar surface area (TPSA) is 100 Å². The zero-order valence-electron chi connectivity index (χ0n) is 22.0. The lowest BCUT2D eigenvalue weighted by Crippen LogP contribution is -2.23. The summed E-state index contributed by atoms with van der Waals surface area (Å²) in [6.45, 7) is -0.0248. The number of para-hydroxylation sites is 1. The molecule has 0 spiro atoms. The summed E-state index contributed by atoms with van der Waals surface area (Å²) in [7, 11) is 3.88. The summed E-state index contributed by atoms with van der Waals surface area (Å²) in [5, 5.41) is 13.2. The Morgan fingerprint density at radius 1 is 1.06 bits per heavy atom. The van der Waals surface area contributed by atoms with Crippen molar-refractivity contribution in [2.75, 3.05) is 29.6 Å². The molecule has 1 aliphatic heterocycles. The number of nitrogens with one attached hydrogen (secondary N) is 3. The lowest BCUT2D eigenvalue weighted by Gasteiger charge is -2.29. The van der Waals surface area contributed by atoms with Gasteiger partial charge in [0.05, 0.1) is 28.3 Å². The minimum atomic E-state index is -2.64. The molecule has 4 heterocycles. The van der Waals surface area contributed by atoms with Gasteiger partial charge in [-0.2, -0.15) is 5.10 Å². The predicted molar refractivity (Wildman–Crippen MR) is 134 cm³/mol. The first kappa shape index (κ1) is 18.1. The summed E-state index contributed by atoms with van der Waals surface area (Å²) in [5.41, 5.74) is 6.14. The summed E-state index contributed by atoms with van der Waals surface area (Å²) < 4.78 is 24.2. The number of carbonyl (C=O) groups is 1. The predicted octanol–water partition coefficient (Wildman–Crippen LogP) is 3.98. The highest BCUT2D eigenvalue weighted by molar-refractivity contribution is 6.01. The molecule has 0 atom stereocenters. The van der Waals surface area contributed by atoms with E-state index < -0.39 is 12.9 Å². The molecule has 0 aliphatic carbocycles. The molecule has 0 saturated carbocycles. The molecule has 9 nitrogen and oxygen atoms in total. The molecule has 0 unspecified atom stereocenters. The van der Waals surface area contributed by atoms with Crippen LogP contribution >= 0.6 is 0 Å². The Bertz CT molecular complexity index is 1480. The number of rotatable bonds is 5. The minimum Gasteiger partial charge on any atom is -0.368 e. The molecule has 9 heteroatoms. The Kier molecular flexibility index (Phi) is 4.52.